The second-order valence-corrected chi connectivity index (χ2v) is 8.49. The van der Waals surface area contributed by atoms with Gasteiger partial charge in [-0.25, -0.2) is 0 Å². The zero-order valence-corrected chi connectivity index (χ0v) is 13.7. The first-order valence-electron chi connectivity index (χ1n) is 7.61. The zero-order valence-electron chi connectivity index (χ0n) is 13.7. The van der Waals surface area contributed by atoms with Crippen molar-refractivity contribution >= 4 is 0 Å². The summed E-state index contributed by atoms with van der Waals surface area (Å²) in [5, 5.41) is 9.65. The van der Waals surface area contributed by atoms with Crippen molar-refractivity contribution in [3.05, 3.63) is 35.4 Å². The predicted octanol–water partition coefficient (Wildman–Crippen LogP) is 5.20. The molecule has 0 amide bonds. The number of benzene rings is 1. The van der Waals surface area contributed by atoms with Crippen LogP contribution in [-0.2, 0) is 10.8 Å². The Labute approximate surface area is 124 Å². The van der Waals surface area contributed by atoms with Crippen LogP contribution in [0.2, 0.25) is 0 Å². The molecule has 0 bridgehead atoms. The SMILES string of the molecule is CC(C)(C)c1ccc(C2(C#N)CC(C(C)(C)C)C2)cc1. The highest BCUT2D eigenvalue weighted by Crippen LogP contribution is 2.54. The third-order valence-corrected chi connectivity index (χ3v) is 4.93. The van der Waals surface area contributed by atoms with Crippen LogP contribution in [0, 0.1) is 22.7 Å². The van der Waals surface area contributed by atoms with Crippen LogP contribution in [0.25, 0.3) is 0 Å². The Morgan fingerprint density at radius 2 is 1.50 bits per heavy atom. The number of nitriles is 1. The van der Waals surface area contributed by atoms with Crippen LogP contribution >= 0.6 is 0 Å². The van der Waals surface area contributed by atoms with E-state index < -0.39 is 0 Å². The van der Waals surface area contributed by atoms with Gasteiger partial charge in [-0.05, 0) is 40.7 Å². The standard InChI is InChI=1S/C19H27N/c1-17(2,3)14-7-9-15(10-8-14)19(13-20)11-16(12-19)18(4,5)6/h7-10,16H,11-12H2,1-6H3. The molecule has 1 aromatic rings. The second kappa shape index (κ2) is 4.62. The Kier molecular flexibility index (Phi) is 3.49. The maximum Gasteiger partial charge on any atom is 0.0828 e. The summed E-state index contributed by atoms with van der Waals surface area (Å²) in [4.78, 5) is 0. The Balaban J connectivity index is 2.22. The van der Waals surface area contributed by atoms with Crippen molar-refractivity contribution in [2.24, 2.45) is 11.3 Å². The van der Waals surface area contributed by atoms with Crippen molar-refractivity contribution in [3.8, 4) is 6.07 Å². The average molecular weight is 269 g/mol. The lowest BCUT2D eigenvalue weighted by molar-refractivity contribution is 0.0782. The highest BCUT2D eigenvalue weighted by Gasteiger charge is 2.49. The fourth-order valence-electron chi connectivity index (χ4n) is 3.07. The normalized spacial score (nSPS) is 26.8. The van der Waals surface area contributed by atoms with Gasteiger partial charge in [-0.2, -0.15) is 5.26 Å². The molecule has 1 fully saturated rings. The molecule has 1 nitrogen and oxygen atoms in total. The summed E-state index contributed by atoms with van der Waals surface area (Å²) >= 11 is 0. The summed E-state index contributed by atoms with van der Waals surface area (Å²) in [6, 6.07) is 11.3. The molecule has 0 saturated heterocycles. The zero-order chi connectivity index (χ0) is 15.2. The van der Waals surface area contributed by atoms with Crippen molar-refractivity contribution in [2.75, 3.05) is 0 Å². The van der Waals surface area contributed by atoms with Gasteiger partial charge < -0.3 is 0 Å². The lowest BCUT2D eigenvalue weighted by Gasteiger charge is -2.49. The van der Waals surface area contributed by atoms with Gasteiger partial charge in [0, 0.05) is 0 Å². The van der Waals surface area contributed by atoms with Crippen molar-refractivity contribution in [3.63, 3.8) is 0 Å². The van der Waals surface area contributed by atoms with E-state index in [1.54, 1.807) is 0 Å². The van der Waals surface area contributed by atoms with Crippen LogP contribution < -0.4 is 0 Å². The van der Waals surface area contributed by atoms with Crippen LogP contribution in [0.15, 0.2) is 24.3 Å². The average Bonchev–Trinajstić information content (AvgIpc) is 2.26. The van der Waals surface area contributed by atoms with Gasteiger partial charge in [0.25, 0.3) is 0 Å². The van der Waals surface area contributed by atoms with E-state index in [-0.39, 0.29) is 10.8 Å². The van der Waals surface area contributed by atoms with Gasteiger partial charge >= 0.3 is 0 Å². The summed E-state index contributed by atoms with van der Waals surface area (Å²) < 4.78 is 0. The first-order valence-corrected chi connectivity index (χ1v) is 7.61. The van der Waals surface area contributed by atoms with Gasteiger partial charge in [0.05, 0.1) is 11.5 Å². The number of hydrogen-bond acceptors (Lipinski definition) is 1. The van der Waals surface area contributed by atoms with Crippen molar-refractivity contribution in [1.82, 2.24) is 0 Å². The van der Waals surface area contributed by atoms with Crippen LogP contribution in [0.4, 0.5) is 0 Å². The molecule has 108 valence electrons. The smallest absolute Gasteiger partial charge is 0.0828 e. The molecule has 1 heteroatoms. The maximum atomic E-state index is 9.65. The third-order valence-electron chi connectivity index (χ3n) is 4.93. The summed E-state index contributed by atoms with van der Waals surface area (Å²) in [5.74, 6) is 0.657. The molecule has 0 aromatic heterocycles. The van der Waals surface area contributed by atoms with E-state index in [2.05, 4.69) is 71.9 Å². The molecule has 0 atom stereocenters. The Morgan fingerprint density at radius 3 is 1.85 bits per heavy atom. The predicted molar refractivity (Wildman–Crippen MR) is 84.6 cm³/mol. The Bertz CT molecular complexity index is 511. The van der Waals surface area contributed by atoms with Gasteiger partial charge in [-0.15, -0.1) is 0 Å². The van der Waals surface area contributed by atoms with Crippen molar-refractivity contribution in [1.29, 1.82) is 5.26 Å². The van der Waals surface area contributed by atoms with E-state index in [0.717, 1.165) is 12.8 Å². The van der Waals surface area contributed by atoms with Crippen LogP contribution in [0.5, 0.6) is 0 Å². The largest absolute Gasteiger partial charge is 0.197 e. The molecule has 0 unspecified atom stereocenters. The van der Waals surface area contributed by atoms with E-state index in [9.17, 15) is 5.26 Å². The number of hydrogen-bond donors (Lipinski definition) is 0. The van der Waals surface area contributed by atoms with E-state index in [4.69, 9.17) is 0 Å². The lowest BCUT2D eigenvalue weighted by atomic mass is 9.53. The van der Waals surface area contributed by atoms with Gasteiger partial charge in [0.2, 0.25) is 0 Å². The van der Waals surface area contributed by atoms with Gasteiger partial charge in [-0.1, -0.05) is 65.8 Å². The quantitative estimate of drug-likeness (QED) is 0.687. The first kappa shape index (κ1) is 15.1. The van der Waals surface area contributed by atoms with Crippen LogP contribution in [0.1, 0.15) is 65.5 Å². The highest BCUT2D eigenvalue weighted by molar-refractivity contribution is 5.39. The van der Waals surface area contributed by atoms with Crippen LogP contribution in [-0.4, -0.2) is 0 Å². The summed E-state index contributed by atoms with van der Waals surface area (Å²) in [5.41, 5.74) is 2.78. The highest BCUT2D eigenvalue weighted by atomic mass is 14.5. The first-order chi connectivity index (χ1) is 9.08. The van der Waals surface area contributed by atoms with Crippen molar-refractivity contribution < 1.29 is 0 Å². The molecule has 2 rings (SSSR count). The molecule has 0 radical (unpaired) electrons. The summed E-state index contributed by atoms with van der Waals surface area (Å²) in [7, 11) is 0. The molecule has 0 N–H and O–H groups in total. The van der Waals surface area contributed by atoms with Crippen molar-refractivity contribution in [2.45, 2.75) is 65.2 Å². The van der Waals surface area contributed by atoms with E-state index in [1.165, 1.54) is 11.1 Å². The molecule has 1 aliphatic rings. The minimum atomic E-state index is -0.242. The topological polar surface area (TPSA) is 23.8 Å². The fourth-order valence-corrected chi connectivity index (χ4v) is 3.07. The molecule has 20 heavy (non-hydrogen) atoms. The third kappa shape index (κ3) is 2.62. The Hall–Kier alpha value is -1.29. The second-order valence-electron chi connectivity index (χ2n) is 8.49. The molecular weight excluding hydrogens is 242 g/mol. The molecule has 1 aliphatic carbocycles. The van der Waals surface area contributed by atoms with E-state index in [1.807, 2.05) is 0 Å². The van der Waals surface area contributed by atoms with Gasteiger partial charge in [-0.3, -0.25) is 0 Å². The van der Waals surface area contributed by atoms with Gasteiger partial charge in [0.1, 0.15) is 0 Å². The lowest BCUT2D eigenvalue weighted by Crippen LogP contribution is -2.45. The molecule has 0 spiro atoms. The summed E-state index contributed by atoms with van der Waals surface area (Å²) in [6.45, 7) is 13.5. The molecular formula is C19H27N. The minimum absolute atomic E-state index is 0.173. The monoisotopic (exact) mass is 269 g/mol. The molecule has 1 aromatic carbocycles. The van der Waals surface area contributed by atoms with Gasteiger partial charge in [0.15, 0.2) is 0 Å². The van der Waals surface area contributed by atoms with Crippen LogP contribution in [0.3, 0.4) is 0 Å². The minimum Gasteiger partial charge on any atom is -0.197 e. The van der Waals surface area contributed by atoms with E-state index in [0.29, 0.717) is 11.3 Å². The molecule has 0 heterocycles. The van der Waals surface area contributed by atoms with E-state index >= 15 is 0 Å². The Morgan fingerprint density at radius 1 is 1.00 bits per heavy atom. The fraction of sp³-hybridized carbons (Fsp3) is 0.632. The molecule has 0 aliphatic heterocycles. The number of nitrogens with zero attached hydrogens (tertiary/aromatic N) is 1. The maximum absolute atomic E-state index is 9.65. The number of rotatable bonds is 1. The molecule has 1 saturated carbocycles. The summed E-state index contributed by atoms with van der Waals surface area (Å²) in [6.07, 6.45) is 2.00.